The van der Waals surface area contributed by atoms with Crippen molar-refractivity contribution in [2.24, 2.45) is 5.10 Å². The average Bonchev–Trinajstić information content (AvgIpc) is 2.78. The van der Waals surface area contributed by atoms with Crippen molar-refractivity contribution >= 4 is 45.6 Å². The summed E-state index contributed by atoms with van der Waals surface area (Å²) in [7, 11) is 1.23. The van der Waals surface area contributed by atoms with Gasteiger partial charge >= 0.3 is 12.2 Å². The Morgan fingerprint density at radius 1 is 1.14 bits per heavy atom. The molecule has 1 amide bonds. The number of carbonyl (C=O) groups excluding carboxylic acids is 1. The molecule has 3 aromatic rings. The van der Waals surface area contributed by atoms with Gasteiger partial charge in [-0.25, -0.2) is 4.98 Å². The van der Waals surface area contributed by atoms with Crippen LogP contribution in [0.5, 0.6) is 0 Å². The number of anilines is 1. The predicted molar refractivity (Wildman–Crippen MR) is 118 cm³/mol. The van der Waals surface area contributed by atoms with Crippen LogP contribution in [0, 0.1) is 20.2 Å². The molecule has 182 valence electrons. The Bertz CT molecular complexity index is 1370. The van der Waals surface area contributed by atoms with E-state index in [-0.39, 0.29) is 21.7 Å². The van der Waals surface area contributed by atoms with E-state index in [2.05, 4.69) is 25.8 Å². The Kier molecular flexibility index (Phi) is 7.09. The second-order valence-corrected chi connectivity index (χ2v) is 7.19. The number of aromatic nitrogens is 2. The van der Waals surface area contributed by atoms with Crippen molar-refractivity contribution in [2.75, 3.05) is 12.4 Å². The molecule has 0 fully saturated rings. The number of rotatable bonds is 7. The molecule has 12 nitrogen and oxygen atoms in total. The highest BCUT2D eigenvalue weighted by molar-refractivity contribution is 6.45. The van der Waals surface area contributed by atoms with E-state index in [1.165, 1.54) is 19.2 Å². The van der Waals surface area contributed by atoms with Crippen molar-refractivity contribution in [2.45, 2.75) is 12.2 Å². The molecule has 2 N–H and O–H groups in total. The standard InChI is InChI=1S/C19H13ClF3N7O5/c1-24-28-16(18(31)27-13-6-9(19(21,22)23)2-4-11(13)20)17(30(34)35)15-8-25-12-5-3-10(29(32)33)7-14(12)26-15/h2-8,17,24H,1H3,(H,27,31). The number of amides is 1. The molecule has 0 aliphatic carbocycles. The average molecular weight is 512 g/mol. The van der Waals surface area contributed by atoms with Gasteiger partial charge in [-0.05, 0) is 24.3 Å². The number of nitro groups is 2. The van der Waals surface area contributed by atoms with Crippen LogP contribution in [0.3, 0.4) is 0 Å². The second kappa shape index (κ2) is 9.84. The first-order chi connectivity index (χ1) is 16.4. The van der Waals surface area contributed by atoms with Crippen molar-refractivity contribution in [3.8, 4) is 0 Å². The Morgan fingerprint density at radius 2 is 1.86 bits per heavy atom. The van der Waals surface area contributed by atoms with Gasteiger partial charge in [0.25, 0.3) is 11.6 Å². The smallest absolute Gasteiger partial charge is 0.319 e. The van der Waals surface area contributed by atoms with Crippen molar-refractivity contribution < 1.29 is 27.8 Å². The molecule has 0 saturated heterocycles. The van der Waals surface area contributed by atoms with Crippen LogP contribution in [-0.2, 0) is 11.0 Å². The van der Waals surface area contributed by atoms with Crippen LogP contribution in [0.15, 0.2) is 47.7 Å². The molecule has 3 rings (SSSR count). The van der Waals surface area contributed by atoms with Gasteiger partial charge in [-0.3, -0.25) is 30.0 Å². The maximum absolute atomic E-state index is 13.0. The van der Waals surface area contributed by atoms with Crippen molar-refractivity contribution in [3.05, 3.63) is 79.1 Å². The summed E-state index contributed by atoms with van der Waals surface area (Å²) in [6.45, 7) is 0. The molecule has 0 aliphatic rings. The van der Waals surface area contributed by atoms with Gasteiger partial charge in [0.05, 0.1) is 38.4 Å². The third-order valence-corrected chi connectivity index (χ3v) is 4.84. The molecule has 35 heavy (non-hydrogen) atoms. The summed E-state index contributed by atoms with van der Waals surface area (Å²) in [5.41, 5.74) is -0.756. The summed E-state index contributed by atoms with van der Waals surface area (Å²) in [5.74, 6) is -1.25. The molecule has 0 spiro atoms. The number of benzene rings is 2. The number of hydrazone groups is 1. The Hall–Kier alpha value is -4.40. The van der Waals surface area contributed by atoms with Gasteiger partial charge in [-0.15, -0.1) is 0 Å². The molecule has 1 aromatic heterocycles. The summed E-state index contributed by atoms with van der Waals surface area (Å²) in [6, 6.07) is 3.63. The zero-order valence-corrected chi connectivity index (χ0v) is 18.2. The third kappa shape index (κ3) is 5.57. The number of nitrogens with one attached hydrogen (secondary N) is 2. The van der Waals surface area contributed by atoms with E-state index in [4.69, 9.17) is 11.6 Å². The fourth-order valence-corrected chi connectivity index (χ4v) is 3.11. The minimum Gasteiger partial charge on any atom is -0.319 e. The molecule has 1 unspecified atom stereocenters. The number of fused-ring (bicyclic) bond motifs is 1. The molecule has 16 heteroatoms. The quantitative estimate of drug-likeness (QED) is 0.275. The first-order valence-electron chi connectivity index (χ1n) is 9.39. The van der Waals surface area contributed by atoms with Crippen LogP contribution in [0.2, 0.25) is 5.02 Å². The van der Waals surface area contributed by atoms with Crippen molar-refractivity contribution in [3.63, 3.8) is 0 Å². The number of nitro benzene ring substituents is 1. The lowest BCUT2D eigenvalue weighted by molar-refractivity contribution is -0.509. The lowest BCUT2D eigenvalue weighted by Crippen LogP contribution is -2.34. The van der Waals surface area contributed by atoms with Crippen LogP contribution < -0.4 is 10.7 Å². The van der Waals surface area contributed by atoms with Crippen LogP contribution in [0.25, 0.3) is 11.0 Å². The van der Waals surface area contributed by atoms with Crippen molar-refractivity contribution in [1.82, 2.24) is 15.4 Å². The normalized spacial score (nSPS) is 12.8. The molecule has 0 bridgehead atoms. The highest BCUT2D eigenvalue weighted by atomic mass is 35.5. The van der Waals surface area contributed by atoms with E-state index in [1.54, 1.807) is 0 Å². The summed E-state index contributed by atoms with van der Waals surface area (Å²) in [4.78, 5) is 42.2. The van der Waals surface area contributed by atoms with Gasteiger partial charge in [0, 0.05) is 24.1 Å². The maximum Gasteiger partial charge on any atom is 0.416 e. The molecule has 1 atom stereocenters. The predicted octanol–water partition coefficient (Wildman–Crippen LogP) is 3.74. The van der Waals surface area contributed by atoms with E-state index >= 15 is 0 Å². The Morgan fingerprint density at radius 3 is 2.46 bits per heavy atom. The Balaban J connectivity index is 2.04. The van der Waals surface area contributed by atoms with Crippen LogP contribution in [0.4, 0.5) is 24.5 Å². The minimum atomic E-state index is -4.74. The first-order valence-corrected chi connectivity index (χ1v) is 9.77. The lowest BCUT2D eigenvalue weighted by atomic mass is 10.1. The SMILES string of the molecule is CNN=C(C(=O)Nc1cc(C(F)(F)F)ccc1Cl)C(c1cnc2ccc([N+](=O)[O-])cc2n1)[N+](=O)[O-]. The number of nitrogens with zero attached hydrogens (tertiary/aromatic N) is 5. The van der Waals surface area contributed by atoms with Crippen LogP contribution in [0.1, 0.15) is 17.3 Å². The topological polar surface area (TPSA) is 166 Å². The summed E-state index contributed by atoms with van der Waals surface area (Å²) >= 11 is 5.89. The molecule has 1 heterocycles. The molecular formula is C19H13ClF3N7O5. The molecule has 0 aliphatic heterocycles. The third-order valence-electron chi connectivity index (χ3n) is 4.51. The largest absolute Gasteiger partial charge is 0.416 e. The summed E-state index contributed by atoms with van der Waals surface area (Å²) in [5, 5.41) is 28.4. The van der Waals surface area contributed by atoms with E-state index in [9.17, 15) is 38.2 Å². The van der Waals surface area contributed by atoms with E-state index < -0.39 is 50.6 Å². The number of hydrogen-bond acceptors (Lipinski definition) is 9. The van der Waals surface area contributed by atoms with Gasteiger partial charge in [0.15, 0.2) is 0 Å². The van der Waals surface area contributed by atoms with E-state index in [0.29, 0.717) is 12.1 Å². The van der Waals surface area contributed by atoms with Crippen LogP contribution >= 0.6 is 11.6 Å². The van der Waals surface area contributed by atoms with Crippen molar-refractivity contribution in [1.29, 1.82) is 0 Å². The second-order valence-electron chi connectivity index (χ2n) is 6.78. The highest BCUT2D eigenvalue weighted by Crippen LogP contribution is 2.34. The molecule has 2 aromatic carbocycles. The zero-order chi connectivity index (χ0) is 25.9. The number of non-ortho nitro benzene ring substituents is 1. The fourth-order valence-electron chi connectivity index (χ4n) is 2.95. The Labute approximate surface area is 198 Å². The maximum atomic E-state index is 13.0. The van der Waals surface area contributed by atoms with Gasteiger partial charge in [-0.1, -0.05) is 11.6 Å². The minimum absolute atomic E-state index is 0.0614. The number of hydrogen-bond donors (Lipinski definition) is 2. The number of halogens is 4. The fraction of sp³-hybridized carbons (Fsp3) is 0.158. The van der Waals surface area contributed by atoms with E-state index in [1.807, 2.05) is 0 Å². The van der Waals surface area contributed by atoms with Gasteiger partial charge in [-0.2, -0.15) is 18.3 Å². The number of alkyl halides is 3. The van der Waals surface area contributed by atoms with E-state index in [0.717, 1.165) is 18.3 Å². The molecule has 0 saturated carbocycles. The van der Waals surface area contributed by atoms with Gasteiger partial charge < -0.3 is 10.7 Å². The van der Waals surface area contributed by atoms with Gasteiger partial charge in [0.2, 0.25) is 5.71 Å². The summed E-state index contributed by atoms with van der Waals surface area (Å²) < 4.78 is 39.1. The molecular weight excluding hydrogens is 499 g/mol. The zero-order valence-electron chi connectivity index (χ0n) is 17.4. The van der Waals surface area contributed by atoms with Gasteiger partial charge in [0.1, 0.15) is 5.69 Å². The van der Waals surface area contributed by atoms with Crippen LogP contribution in [-0.4, -0.2) is 38.5 Å². The summed E-state index contributed by atoms with van der Waals surface area (Å²) in [6.07, 6.45) is -3.75. The number of carbonyl (C=O) groups is 1. The lowest BCUT2D eigenvalue weighted by Gasteiger charge is -2.14. The monoisotopic (exact) mass is 511 g/mol. The first kappa shape index (κ1) is 25.2. The molecule has 0 radical (unpaired) electrons. The highest BCUT2D eigenvalue weighted by Gasteiger charge is 2.38.